The van der Waals surface area contributed by atoms with Crippen LogP contribution in [0.25, 0.3) is 0 Å². The minimum absolute atomic E-state index is 0.00469. The van der Waals surface area contributed by atoms with Crippen LogP contribution in [0.5, 0.6) is 0 Å². The van der Waals surface area contributed by atoms with Gasteiger partial charge < -0.3 is 26.2 Å². The Morgan fingerprint density at radius 1 is 1.55 bits per heavy atom. The van der Waals surface area contributed by atoms with Crippen molar-refractivity contribution < 1.29 is 14.6 Å². The molecular weight excluding hydrogens is 280 g/mol. The van der Waals surface area contributed by atoms with Gasteiger partial charge in [-0.3, -0.25) is 4.79 Å². The lowest BCUT2D eigenvalue weighted by Crippen LogP contribution is -2.36. The van der Waals surface area contributed by atoms with E-state index in [1.165, 1.54) is 11.3 Å². The summed E-state index contributed by atoms with van der Waals surface area (Å²) >= 11 is 1.20. The molecule has 0 aromatic carbocycles. The summed E-state index contributed by atoms with van der Waals surface area (Å²) in [7, 11) is 1.61. The summed E-state index contributed by atoms with van der Waals surface area (Å²) in [6.45, 7) is 5.23. The number of hydrogen-bond donors (Lipinski definition) is 4. The number of carbonyl (C=O) groups excluding carboxylic acids is 1. The second-order valence-corrected chi connectivity index (χ2v) is 6.16. The van der Waals surface area contributed by atoms with E-state index in [9.17, 15) is 4.79 Å². The summed E-state index contributed by atoms with van der Waals surface area (Å²) in [6, 6.07) is 0. The second kappa shape index (κ2) is 7.41. The zero-order valence-corrected chi connectivity index (χ0v) is 12.8. The van der Waals surface area contributed by atoms with E-state index < -0.39 is 0 Å². The number of thiazole rings is 1. The minimum atomic E-state index is -0.366. The van der Waals surface area contributed by atoms with Crippen LogP contribution in [-0.4, -0.2) is 49.4 Å². The third-order valence-electron chi connectivity index (χ3n) is 2.60. The van der Waals surface area contributed by atoms with Crippen molar-refractivity contribution in [3.63, 3.8) is 0 Å². The average Bonchev–Trinajstić information content (AvgIpc) is 2.78. The summed E-state index contributed by atoms with van der Waals surface area (Å²) < 4.78 is 4.92. The highest BCUT2D eigenvalue weighted by molar-refractivity contribution is 7.18. The molecule has 7 nitrogen and oxygen atoms in total. The third kappa shape index (κ3) is 4.95. The summed E-state index contributed by atoms with van der Waals surface area (Å²) in [5.74, 6) is -0.0736. The number of carbonyl (C=O) groups is 1. The van der Waals surface area contributed by atoms with Crippen LogP contribution < -0.4 is 16.4 Å². The normalized spacial score (nSPS) is 11.4. The molecule has 0 spiro atoms. The molecule has 1 aromatic rings. The van der Waals surface area contributed by atoms with Crippen molar-refractivity contribution in [2.24, 2.45) is 5.41 Å². The lowest BCUT2D eigenvalue weighted by Gasteiger charge is -2.21. The van der Waals surface area contributed by atoms with Crippen molar-refractivity contribution in [2.45, 2.75) is 13.8 Å². The molecule has 0 bridgehead atoms. The molecule has 0 unspecified atom stereocenters. The molecule has 1 amide bonds. The number of nitrogen functional groups attached to an aromatic ring is 1. The maximum atomic E-state index is 12.0. The van der Waals surface area contributed by atoms with Gasteiger partial charge in [0.05, 0.1) is 6.61 Å². The van der Waals surface area contributed by atoms with Crippen LogP contribution >= 0.6 is 11.3 Å². The van der Waals surface area contributed by atoms with Crippen LogP contribution in [0.2, 0.25) is 0 Å². The van der Waals surface area contributed by atoms with Crippen molar-refractivity contribution in [2.75, 3.05) is 44.5 Å². The Bertz CT molecular complexity index is 448. The number of hydrogen-bond acceptors (Lipinski definition) is 7. The molecule has 8 heteroatoms. The minimum Gasteiger partial charge on any atom is -0.396 e. The van der Waals surface area contributed by atoms with Crippen molar-refractivity contribution in [1.82, 2.24) is 10.3 Å². The maximum Gasteiger partial charge on any atom is 0.265 e. The van der Waals surface area contributed by atoms with E-state index in [1.807, 2.05) is 13.8 Å². The van der Waals surface area contributed by atoms with Crippen molar-refractivity contribution >= 4 is 28.2 Å². The second-order valence-electron chi connectivity index (χ2n) is 5.16. The van der Waals surface area contributed by atoms with Gasteiger partial charge in [-0.25, -0.2) is 4.98 Å². The number of anilines is 2. The topological polar surface area (TPSA) is 110 Å². The molecule has 114 valence electrons. The summed E-state index contributed by atoms with van der Waals surface area (Å²) in [6.07, 6.45) is 0. The molecule has 0 aliphatic carbocycles. The summed E-state index contributed by atoms with van der Waals surface area (Å²) in [4.78, 5) is 16.5. The van der Waals surface area contributed by atoms with Gasteiger partial charge in [0, 0.05) is 32.2 Å². The van der Waals surface area contributed by atoms with Crippen LogP contribution in [-0.2, 0) is 4.74 Å². The summed E-state index contributed by atoms with van der Waals surface area (Å²) in [5, 5.41) is 15.5. The Morgan fingerprint density at radius 2 is 2.25 bits per heavy atom. The number of ether oxygens (including phenoxy) is 1. The van der Waals surface area contributed by atoms with Crippen molar-refractivity contribution in [1.29, 1.82) is 0 Å². The van der Waals surface area contributed by atoms with Crippen LogP contribution in [0, 0.1) is 5.41 Å². The molecule has 20 heavy (non-hydrogen) atoms. The van der Waals surface area contributed by atoms with Crippen LogP contribution in [0.3, 0.4) is 0 Å². The fourth-order valence-corrected chi connectivity index (χ4v) is 2.11. The standard InChI is InChI=1S/C12H22N4O3S/c1-12(2,7-17)6-15-10(18)8-9(13)16-11(20-8)14-4-5-19-3/h17H,4-7,13H2,1-3H3,(H,14,16)(H,15,18). The van der Waals surface area contributed by atoms with Gasteiger partial charge in [-0.05, 0) is 0 Å². The Hall–Kier alpha value is -1.38. The lowest BCUT2D eigenvalue weighted by atomic mass is 9.95. The molecule has 0 saturated heterocycles. The quantitative estimate of drug-likeness (QED) is 0.522. The number of aliphatic hydroxyl groups is 1. The van der Waals surface area contributed by atoms with Gasteiger partial charge >= 0.3 is 0 Å². The third-order valence-corrected chi connectivity index (χ3v) is 3.63. The Kier molecular flexibility index (Phi) is 6.18. The molecular formula is C12H22N4O3S. The highest BCUT2D eigenvalue weighted by Gasteiger charge is 2.21. The zero-order chi connectivity index (χ0) is 15.2. The van der Waals surface area contributed by atoms with E-state index in [0.29, 0.717) is 29.7 Å². The van der Waals surface area contributed by atoms with Gasteiger partial charge in [0.25, 0.3) is 5.91 Å². The summed E-state index contributed by atoms with van der Waals surface area (Å²) in [5.41, 5.74) is 5.37. The Labute approximate surface area is 122 Å². The van der Waals surface area contributed by atoms with Gasteiger partial charge in [0.1, 0.15) is 10.7 Å². The van der Waals surface area contributed by atoms with E-state index >= 15 is 0 Å². The Morgan fingerprint density at radius 3 is 2.85 bits per heavy atom. The fraction of sp³-hybridized carbons (Fsp3) is 0.667. The molecule has 0 aliphatic rings. The van der Waals surface area contributed by atoms with Crippen LogP contribution in [0.1, 0.15) is 23.5 Å². The lowest BCUT2D eigenvalue weighted by molar-refractivity contribution is 0.0915. The van der Waals surface area contributed by atoms with Crippen molar-refractivity contribution in [3.05, 3.63) is 4.88 Å². The van der Waals surface area contributed by atoms with E-state index in [2.05, 4.69) is 15.6 Å². The number of rotatable bonds is 8. The number of amides is 1. The zero-order valence-electron chi connectivity index (χ0n) is 12.0. The number of aliphatic hydroxyl groups excluding tert-OH is 1. The first-order valence-electron chi connectivity index (χ1n) is 6.28. The SMILES string of the molecule is COCCNc1nc(N)c(C(=O)NCC(C)(C)CO)s1. The van der Waals surface area contributed by atoms with E-state index in [-0.39, 0.29) is 23.7 Å². The highest BCUT2D eigenvalue weighted by atomic mass is 32.1. The number of nitrogens with two attached hydrogens (primary N) is 1. The fourth-order valence-electron chi connectivity index (χ4n) is 1.29. The Balaban J connectivity index is 2.60. The predicted octanol–water partition coefficient (Wildman–Crippen LogP) is 0.532. The predicted molar refractivity (Wildman–Crippen MR) is 80.1 cm³/mol. The van der Waals surface area contributed by atoms with E-state index in [1.54, 1.807) is 7.11 Å². The number of nitrogens with one attached hydrogen (secondary N) is 2. The van der Waals surface area contributed by atoms with Gasteiger partial charge in [0.2, 0.25) is 0 Å². The number of methoxy groups -OCH3 is 1. The van der Waals surface area contributed by atoms with Gasteiger partial charge in [-0.15, -0.1) is 0 Å². The molecule has 0 aliphatic heterocycles. The van der Waals surface area contributed by atoms with E-state index in [0.717, 1.165) is 0 Å². The molecule has 1 rings (SSSR count). The molecule has 0 saturated carbocycles. The molecule has 5 N–H and O–H groups in total. The van der Waals surface area contributed by atoms with E-state index in [4.69, 9.17) is 15.6 Å². The van der Waals surface area contributed by atoms with Gasteiger partial charge in [-0.1, -0.05) is 25.2 Å². The first-order chi connectivity index (χ1) is 9.39. The largest absolute Gasteiger partial charge is 0.396 e. The van der Waals surface area contributed by atoms with Crippen molar-refractivity contribution in [3.8, 4) is 0 Å². The van der Waals surface area contributed by atoms with Gasteiger partial charge in [-0.2, -0.15) is 0 Å². The number of nitrogens with zero attached hydrogens (tertiary/aromatic N) is 1. The van der Waals surface area contributed by atoms with Crippen LogP contribution in [0.15, 0.2) is 0 Å². The maximum absolute atomic E-state index is 12.0. The molecule has 1 heterocycles. The number of aromatic nitrogens is 1. The van der Waals surface area contributed by atoms with Crippen LogP contribution in [0.4, 0.5) is 10.9 Å². The first kappa shape index (κ1) is 16.7. The first-order valence-corrected chi connectivity index (χ1v) is 7.09. The molecule has 0 fully saturated rings. The average molecular weight is 302 g/mol. The van der Waals surface area contributed by atoms with Gasteiger partial charge in [0.15, 0.2) is 5.13 Å². The molecule has 0 radical (unpaired) electrons. The molecule has 1 aromatic heterocycles. The smallest absolute Gasteiger partial charge is 0.265 e. The highest BCUT2D eigenvalue weighted by Crippen LogP contribution is 2.25. The molecule has 0 atom stereocenters. The monoisotopic (exact) mass is 302 g/mol.